The molecule has 1 nitrogen and oxygen atoms in total. The zero-order valence-corrected chi connectivity index (χ0v) is 29.0. The first kappa shape index (κ1) is 31.8. The van der Waals surface area contributed by atoms with Crippen LogP contribution in [0, 0.1) is 13.8 Å². The molecule has 0 aliphatic rings. The van der Waals surface area contributed by atoms with Crippen molar-refractivity contribution in [3.63, 3.8) is 0 Å². The normalized spacial score (nSPS) is 10.9. The zero-order chi connectivity index (χ0) is 34.6. The molecule has 0 radical (unpaired) electrons. The van der Waals surface area contributed by atoms with Crippen molar-refractivity contribution in [1.82, 2.24) is 0 Å². The van der Waals surface area contributed by atoms with E-state index in [-0.39, 0.29) is 0 Å². The highest BCUT2D eigenvalue weighted by atomic mass is 15.1. The van der Waals surface area contributed by atoms with Gasteiger partial charge in [0.05, 0.1) is 5.69 Å². The van der Waals surface area contributed by atoms with Crippen molar-refractivity contribution >= 4 is 17.1 Å². The third kappa shape index (κ3) is 6.63. The van der Waals surface area contributed by atoms with Gasteiger partial charge in [0.1, 0.15) is 0 Å². The molecule has 0 spiro atoms. The molecule has 0 heterocycles. The topological polar surface area (TPSA) is 3.24 Å². The summed E-state index contributed by atoms with van der Waals surface area (Å²) in [5.74, 6) is 0. The molecular formula is C50H39N. The fraction of sp³-hybridized carbons (Fsp3) is 0.0400. The molecule has 0 saturated carbocycles. The summed E-state index contributed by atoms with van der Waals surface area (Å²) >= 11 is 0. The minimum absolute atomic E-state index is 1.12. The van der Waals surface area contributed by atoms with E-state index in [1.165, 1.54) is 66.8 Å². The van der Waals surface area contributed by atoms with Crippen molar-refractivity contribution in [2.45, 2.75) is 13.8 Å². The van der Waals surface area contributed by atoms with Gasteiger partial charge in [-0.3, -0.25) is 0 Å². The smallest absolute Gasteiger partial charge is 0.0540 e. The third-order valence-electron chi connectivity index (χ3n) is 9.77. The predicted octanol–water partition coefficient (Wildman–Crippen LogP) is 14.1. The van der Waals surface area contributed by atoms with E-state index in [1.54, 1.807) is 0 Å². The molecule has 0 amide bonds. The van der Waals surface area contributed by atoms with Crippen molar-refractivity contribution in [3.8, 4) is 55.6 Å². The van der Waals surface area contributed by atoms with Gasteiger partial charge < -0.3 is 4.90 Å². The highest BCUT2D eigenvalue weighted by Crippen LogP contribution is 2.42. The van der Waals surface area contributed by atoms with Gasteiger partial charge in [-0.05, 0) is 105 Å². The molecule has 8 aromatic carbocycles. The molecular weight excluding hydrogens is 615 g/mol. The number of rotatable bonds is 8. The number of para-hydroxylation sites is 2. The van der Waals surface area contributed by atoms with Crippen LogP contribution < -0.4 is 4.90 Å². The van der Waals surface area contributed by atoms with Crippen molar-refractivity contribution in [3.05, 3.63) is 211 Å². The monoisotopic (exact) mass is 653 g/mol. The molecule has 0 unspecified atom stereocenters. The van der Waals surface area contributed by atoms with Crippen LogP contribution in [-0.2, 0) is 0 Å². The lowest BCUT2D eigenvalue weighted by atomic mass is 9.92. The number of hydrogen-bond donors (Lipinski definition) is 0. The maximum Gasteiger partial charge on any atom is 0.0540 e. The van der Waals surface area contributed by atoms with Crippen LogP contribution in [0.1, 0.15) is 11.1 Å². The average molecular weight is 654 g/mol. The standard InChI is InChI=1S/C50H39N/c1-36-34-44(42-24-22-40(23-25-42)38-14-6-3-7-15-38)30-32-47(36)48-33-31-46(35-37(48)2)51(45-18-10-5-11-19-45)50-21-13-12-20-49(50)43-28-26-41(27-29-43)39-16-8-4-9-17-39/h3-35H,1-2H3. The summed E-state index contributed by atoms with van der Waals surface area (Å²) in [7, 11) is 0. The maximum atomic E-state index is 2.38. The quantitative estimate of drug-likeness (QED) is 0.158. The molecule has 0 N–H and O–H groups in total. The van der Waals surface area contributed by atoms with Crippen molar-refractivity contribution in [2.75, 3.05) is 4.90 Å². The number of benzene rings is 8. The largest absolute Gasteiger partial charge is 0.310 e. The fourth-order valence-corrected chi connectivity index (χ4v) is 7.11. The zero-order valence-electron chi connectivity index (χ0n) is 29.0. The summed E-state index contributed by atoms with van der Waals surface area (Å²) in [6.45, 7) is 4.45. The molecule has 0 aliphatic carbocycles. The molecule has 0 fully saturated rings. The summed E-state index contributed by atoms with van der Waals surface area (Å²) < 4.78 is 0. The van der Waals surface area contributed by atoms with Gasteiger partial charge in [-0.15, -0.1) is 0 Å². The van der Waals surface area contributed by atoms with Crippen molar-refractivity contribution in [2.24, 2.45) is 0 Å². The van der Waals surface area contributed by atoms with Gasteiger partial charge in [-0.1, -0.05) is 170 Å². The van der Waals surface area contributed by atoms with Crippen molar-refractivity contribution in [1.29, 1.82) is 0 Å². The van der Waals surface area contributed by atoms with E-state index >= 15 is 0 Å². The highest BCUT2D eigenvalue weighted by Gasteiger charge is 2.18. The first-order chi connectivity index (χ1) is 25.1. The van der Waals surface area contributed by atoms with Gasteiger partial charge in [0, 0.05) is 16.9 Å². The molecule has 0 bridgehead atoms. The fourth-order valence-electron chi connectivity index (χ4n) is 7.11. The molecule has 8 rings (SSSR count). The van der Waals surface area contributed by atoms with E-state index in [0.717, 1.165) is 17.1 Å². The van der Waals surface area contributed by atoms with Gasteiger partial charge >= 0.3 is 0 Å². The highest BCUT2D eigenvalue weighted by molar-refractivity contribution is 5.89. The van der Waals surface area contributed by atoms with Crippen LogP contribution in [-0.4, -0.2) is 0 Å². The van der Waals surface area contributed by atoms with Gasteiger partial charge in [0.2, 0.25) is 0 Å². The second-order valence-electron chi connectivity index (χ2n) is 13.1. The Labute approximate surface area is 301 Å². The van der Waals surface area contributed by atoms with Crippen LogP contribution in [0.3, 0.4) is 0 Å². The van der Waals surface area contributed by atoms with E-state index in [0.29, 0.717) is 0 Å². The Hall–Kier alpha value is -6.44. The summed E-state index contributed by atoms with van der Waals surface area (Å²) in [6.07, 6.45) is 0. The second-order valence-corrected chi connectivity index (χ2v) is 13.1. The van der Waals surface area contributed by atoms with Gasteiger partial charge in [0.15, 0.2) is 0 Å². The third-order valence-corrected chi connectivity index (χ3v) is 9.77. The Morgan fingerprint density at radius 1 is 0.275 bits per heavy atom. The van der Waals surface area contributed by atoms with Crippen LogP contribution >= 0.6 is 0 Å². The lowest BCUT2D eigenvalue weighted by molar-refractivity contribution is 1.27. The van der Waals surface area contributed by atoms with Crippen LogP contribution in [0.15, 0.2) is 200 Å². The Morgan fingerprint density at radius 3 is 1.24 bits per heavy atom. The van der Waals surface area contributed by atoms with Crippen LogP contribution in [0.4, 0.5) is 17.1 Å². The van der Waals surface area contributed by atoms with Crippen LogP contribution in [0.25, 0.3) is 55.6 Å². The molecule has 0 aromatic heterocycles. The van der Waals surface area contributed by atoms with Crippen molar-refractivity contribution < 1.29 is 0 Å². The van der Waals surface area contributed by atoms with E-state index in [1.807, 2.05) is 0 Å². The first-order valence-corrected chi connectivity index (χ1v) is 17.6. The summed E-state index contributed by atoms with van der Waals surface area (Å²) in [5.41, 5.74) is 18.1. The molecule has 51 heavy (non-hydrogen) atoms. The number of anilines is 3. The Morgan fingerprint density at radius 2 is 0.686 bits per heavy atom. The Bertz CT molecular complexity index is 2390. The second kappa shape index (κ2) is 14.2. The summed E-state index contributed by atoms with van der Waals surface area (Å²) in [6, 6.07) is 72.0. The van der Waals surface area contributed by atoms with E-state index in [9.17, 15) is 0 Å². The lowest BCUT2D eigenvalue weighted by Gasteiger charge is -2.28. The Balaban J connectivity index is 1.12. The number of nitrogens with zero attached hydrogens (tertiary/aromatic N) is 1. The molecule has 0 aliphatic heterocycles. The molecule has 0 saturated heterocycles. The number of aryl methyl sites for hydroxylation is 2. The number of hydrogen-bond acceptors (Lipinski definition) is 1. The lowest BCUT2D eigenvalue weighted by Crippen LogP contribution is -2.11. The van der Waals surface area contributed by atoms with Crippen LogP contribution in [0.5, 0.6) is 0 Å². The minimum atomic E-state index is 1.12. The van der Waals surface area contributed by atoms with Crippen LogP contribution in [0.2, 0.25) is 0 Å². The van der Waals surface area contributed by atoms with E-state index in [2.05, 4.69) is 219 Å². The predicted molar refractivity (Wildman–Crippen MR) is 218 cm³/mol. The summed E-state index contributed by atoms with van der Waals surface area (Å²) in [5, 5.41) is 0. The Kier molecular flexibility index (Phi) is 8.85. The van der Waals surface area contributed by atoms with E-state index in [4.69, 9.17) is 0 Å². The molecule has 244 valence electrons. The maximum absolute atomic E-state index is 2.38. The average Bonchev–Trinajstić information content (AvgIpc) is 3.20. The van der Waals surface area contributed by atoms with E-state index < -0.39 is 0 Å². The summed E-state index contributed by atoms with van der Waals surface area (Å²) in [4.78, 5) is 2.38. The first-order valence-electron chi connectivity index (χ1n) is 17.6. The molecule has 0 atom stereocenters. The molecule has 1 heteroatoms. The van der Waals surface area contributed by atoms with Gasteiger partial charge in [-0.25, -0.2) is 0 Å². The SMILES string of the molecule is Cc1cc(-c2ccc(-c3ccccc3)cc2)ccc1-c1ccc(N(c2ccccc2)c2ccccc2-c2ccc(-c3ccccc3)cc2)cc1C. The molecule has 8 aromatic rings. The minimum Gasteiger partial charge on any atom is -0.310 e. The van der Waals surface area contributed by atoms with Gasteiger partial charge in [0.25, 0.3) is 0 Å². The van der Waals surface area contributed by atoms with Gasteiger partial charge in [-0.2, -0.15) is 0 Å².